The Balaban J connectivity index is 1.17. The van der Waals surface area contributed by atoms with Crippen LogP contribution >= 0.6 is 0 Å². The lowest BCUT2D eigenvalue weighted by Crippen LogP contribution is -2.61. The van der Waals surface area contributed by atoms with E-state index in [1.54, 1.807) is 25.3 Å². The van der Waals surface area contributed by atoms with Gasteiger partial charge in [0.1, 0.15) is 11.4 Å². The average Bonchev–Trinajstić information content (AvgIpc) is 3.46. The molecular formula is C35H40N6O6S. The molecule has 2 amide bonds. The number of ether oxygens (including phenoxy) is 2. The molecule has 1 spiro atoms. The summed E-state index contributed by atoms with van der Waals surface area (Å²) in [6.07, 6.45) is 3.25. The Morgan fingerprint density at radius 3 is 2.60 bits per heavy atom. The van der Waals surface area contributed by atoms with Crippen LogP contribution in [-0.2, 0) is 25.9 Å². The number of benzene rings is 1. The number of aryl methyl sites for hydroxylation is 1. The van der Waals surface area contributed by atoms with E-state index in [1.807, 2.05) is 62.1 Å². The van der Waals surface area contributed by atoms with Gasteiger partial charge in [-0.25, -0.2) is 23.2 Å². The zero-order chi connectivity index (χ0) is 34.3. The van der Waals surface area contributed by atoms with E-state index in [1.165, 1.54) is 6.07 Å². The summed E-state index contributed by atoms with van der Waals surface area (Å²) < 4.78 is 35.8. The molecule has 1 unspecified atom stereocenters. The fourth-order valence-corrected chi connectivity index (χ4v) is 7.17. The van der Waals surface area contributed by atoms with Crippen LogP contribution in [0.15, 0.2) is 65.7 Å². The number of anilines is 1. The first-order valence-corrected chi connectivity index (χ1v) is 17.8. The van der Waals surface area contributed by atoms with E-state index in [4.69, 9.17) is 19.4 Å². The molecule has 0 bridgehead atoms. The summed E-state index contributed by atoms with van der Waals surface area (Å²) in [6.45, 7) is 10.1. The number of pyridine rings is 3. The molecule has 1 atom stereocenters. The number of sulfone groups is 1. The smallest absolute Gasteiger partial charge is 0.410 e. The maximum absolute atomic E-state index is 13.1. The van der Waals surface area contributed by atoms with Crippen molar-refractivity contribution in [1.29, 1.82) is 0 Å². The van der Waals surface area contributed by atoms with Crippen molar-refractivity contribution in [2.45, 2.75) is 56.7 Å². The van der Waals surface area contributed by atoms with Crippen LogP contribution in [0.4, 0.5) is 10.6 Å². The van der Waals surface area contributed by atoms with Crippen LogP contribution in [0.1, 0.15) is 48.8 Å². The van der Waals surface area contributed by atoms with Crippen LogP contribution in [0.5, 0.6) is 0 Å². The van der Waals surface area contributed by atoms with Gasteiger partial charge in [-0.1, -0.05) is 12.1 Å². The topological polar surface area (TPSA) is 144 Å². The second-order valence-electron chi connectivity index (χ2n) is 13.5. The van der Waals surface area contributed by atoms with Gasteiger partial charge in [-0.05, 0) is 82.1 Å². The number of fused-ring (bicyclic) bond motifs is 1. The highest BCUT2D eigenvalue weighted by molar-refractivity contribution is 7.90. The molecule has 3 aromatic heterocycles. The summed E-state index contributed by atoms with van der Waals surface area (Å²) in [5, 5.41) is 3.66. The van der Waals surface area contributed by atoms with E-state index in [9.17, 15) is 18.0 Å². The molecule has 13 heteroatoms. The lowest BCUT2D eigenvalue weighted by molar-refractivity contribution is -0.0671. The molecule has 6 rings (SSSR count). The van der Waals surface area contributed by atoms with Gasteiger partial charge in [0, 0.05) is 43.0 Å². The van der Waals surface area contributed by atoms with Gasteiger partial charge in [0.15, 0.2) is 9.84 Å². The van der Waals surface area contributed by atoms with Gasteiger partial charge in [-0.2, -0.15) is 0 Å². The van der Waals surface area contributed by atoms with Gasteiger partial charge in [-0.3, -0.25) is 14.7 Å². The Kier molecular flexibility index (Phi) is 8.86. The van der Waals surface area contributed by atoms with Crippen LogP contribution in [0, 0.1) is 6.92 Å². The number of aromatic nitrogens is 3. The van der Waals surface area contributed by atoms with Gasteiger partial charge in [0.05, 0.1) is 52.8 Å². The number of nitrogens with zero attached hydrogens (tertiary/aromatic N) is 5. The molecule has 0 aliphatic carbocycles. The summed E-state index contributed by atoms with van der Waals surface area (Å²) >= 11 is 0. The van der Waals surface area contributed by atoms with Crippen LogP contribution < -0.4 is 10.2 Å². The lowest BCUT2D eigenvalue weighted by atomic mass is 9.96. The molecule has 2 aliphatic heterocycles. The molecule has 12 nitrogen and oxygen atoms in total. The van der Waals surface area contributed by atoms with Crippen LogP contribution in [0.25, 0.3) is 22.3 Å². The molecular weight excluding hydrogens is 632 g/mol. The third-order valence-corrected chi connectivity index (χ3v) is 9.82. The van der Waals surface area contributed by atoms with Crippen molar-refractivity contribution in [3.63, 3.8) is 0 Å². The van der Waals surface area contributed by atoms with E-state index < -0.39 is 26.9 Å². The molecule has 1 N–H and O–H groups in total. The normalized spacial score (nSPS) is 18.4. The second-order valence-corrected chi connectivity index (χ2v) is 15.4. The van der Waals surface area contributed by atoms with Gasteiger partial charge in [0.2, 0.25) is 0 Å². The molecule has 48 heavy (non-hydrogen) atoms. The average molecular weight is 673 g/mol. The summed E-state index contributed by atoms with van der Waals surface area (Å²) in [4.78, 5) is 44.4. The van der Waals surface area contributed by atoms with Crippen molar-refractivity contribution in [2.24, 2.45) is 0 Å². The van der Waals surface area contributed by atoms with Crippen LogP contribution in [-0.4, -0.2) is 90.5 Å². The quantitative estimate of drug-likeness (QED) is 0.310. The minimum atomic E-state index is -3.47. The maximum Gasteiger partial charge on any atom is 0.410 e. The van der Waals surface area contributed by atoms with E-state index >= 15 is 0 Å². The third kappa shape index (κ3) is 7.12. The molecule has 5 heterocycles. The summed E-state index contributed by atoms with van der Waals surface area (Å²) in [5.74, 6) is 0.386. The largest absolute Gasteiger partial charge is 0.444 e. The highest BCUT2D eigenvalue weighted by Crippen LogP contribution is 2.35. The lowest BCUT2D eigenvalue weighted by Gasteiger charge is -2.44. The Bertz CT molecular complexity index is 2000. The molecule has 0 radical (unpaired) electrons. The van der Waals surface area contributed by atoms with Crippen molar-refractivity contribution >= 4 is 38.6 Å². The van der Waals surface area contributed by atoms with E-state index in [2.05, 4.69) is 15.2 Å². The first-order chi connectivity index (χ1) is 22.7. The number of nitrogens with one attached hydrogen (secondary N) is 1. The van der Waals surface area contributed by atoms with Gasteiger partial charge >= 0.3 is 6.09 Å². The van der Waals surface area contributed by atoms with Crippen molar-refractivity contribution in [3.8, 4) is 11.4 Å². The van der Waals surface area contributed by atoms with Crippen molar-refractivity contribution in [3.05, 3.63) is 77.6 Å². The Hall–Kier alpha value is -4.62. The monoisotopic (exact) mass is 672 g/mol. The van der Waals surface area contributed by atoms with E-state index in [0.717, 1.165) is 23.9 Å². The number of amides is 2. The van der Waals surface area contributed by atoms with Crippen molar-refractivity contribution < 1.29 is 27.5 Å². The Morgan fingerprint density at radius 1 is 1.04 bits per heavy atom. The molecule has 4 aromatic rings. The maximum atomic E-state index is 13.1. The third-order valence-electron chi connectivity index (χ3n) is 8.58. The molecule has 2 saturated heterocycles. The summed E-state index contributed by atoms with van der Waals surface area (Å²) in [7, 11) is -3.47. The predicted molar refractivity (Wildman–Crippen MR) is 182 cm³/mol. The number of carbonyl (C=O) groups is 2. The fourth-order valence-electron chi connectivity index (χ4n) is 6.18. The molecule has 0 saturated carbocycles. The Labute approximate surface area is 280 Å². The van der Waals surface area contributed by atoms with E-state index in [0.29, 0.717) is 61.0 Å². The predicted octanol–water partition coefficient (Wildman–Crippen LogP) is 4.55. The highest BCUT2D eigenvalue weighted by Gasteiger charge is 2.49. The first-order valence-electron chi connectivity index (χ1n) is 15.9. The van der Waals surface area contributed by atoms with Gasteiger partial charge in [-0.15, -0.1) is 0 Å². The number of hydrogen-bond donors (Lipinski definition) is 1. The first kappa shape index (κ1) is 33.3. The molecule has 2 aliphatic rings. The Morgan fingerprint density at radius 2 is 1.83 bits per heavy atom. The minimum Gasteiger partial charge on any atom is -0.444 e. The van der Waals surface area contributed by atoms with Crippen LogP contribution in [0.3, 0.4) is 0 Å². The highest BCUT2D eigenvalue weighted by atomic mass is 32.2. The SMILES string of the molecule is Cc1ccc(C(=O)NCc2cc3nc(-c4cccc(N5CCC6(COCCN6C(=O)OC(C)(C)C)C5)n4)ccc3cn2)cc1S(C)(=O)=O. The van der Waals surface area contributed by atoms with E-state index in [-0.39, 0.29) is 23.1 Å². The molecule has 1 aromatic carbocycles. The molecule has 252 valence electrons. The van der Waals surface area contributed by atoms with Crippen LogP contribution in [0.2, 0.25) is 0 Å². The minimum absolute atomic E-state index is 0.128. The number of hydrogen-bond acceptors (Lipinski definition) is 10. The fraction of sp³-hybridized carbons (Fsp3) is 0.400. The summed E-state index contributed by atoms with van der Waals surface area (Å²) in [5.41, 5.74) is 2.44. The van der Waals surface area contributed by atoms with Gasteiger partial charge in [0.25, 0.3) is 5.91 Å². The van der Waals surface area contributed by atoms with Crippen molar-refractivity contribution in [1.82, 2.24) is 25.2 Å². The van der Waals surface area contributed by atoms with Gasteiger partial charge < -0.3 is 19.7 Å². The zero-order valence-corrected chi connectivity index (χ0v) is 28.6. The number of morpholine rings is 1. The number of carbonyl (C=O) groups excluding carboxylic acids is 2. The van der Waals surface area contributed by atoms with Crippen molar-refractivity contribution in [2.75, 3.05) is 44.0 Å². The zero-order valence-electron chi connectivity index (χ0n) is 27.8. The standard InChI is InChI=1S/C35H40N6O6S/c1-23-9-10-24(17-30(23)48(5,44)45)32(42)37-20-26-18-29-25(19-36-26)11-12-28(38-29)27-7-6-8-31(39-27)40-14-13-35(21-40)22-46-16-15-41(35)33(43)47-34(2,3)4/h6-12,17-19H,13-16,20-22H2,1-5H3,(H,37,42). The second kappa shape index (κ2) is 12.8. The molecule has 2 fully saturated rings. The number of rotatable bonds is 6. The summed E-state index contributed by atoms with van der Waals surface area (Å²) in [6, 6.07) is 16.1.